The average molecular weight is 467 g/mol. The summed E-state index contributed by atoms with van der Waals surface area (Å²) in [5.41, 5.74) is 1.46. The predicted octanol–water partition coefficient (Wildman–Crippen LogP) is 4.30. The lowest BCUT2D eigenvalue weighted by atomic mass is 9.94. The third kappa shape index (κ3) is 4.44. The highest BCUT2D eigenvalue weighted by atomic mass is 19.1. The molecule has 0 bridgehead atoms. The van der Waals surface area contributed by atoms with Gasteiger partial charge in [-0.15, -0.1) is 0 Å². The zero-order valence-electron chi connectivity index (χ0n) is 19.9. The van der Waals surface area contributed by atoms with E-state index in [1.807, 2.05) is 6.92 Å². The second kappa shape index (κ2) is 9.97. The van der Waals surface area contributed by atoms with Crippen LogP contribution in [-0.4, -0.2) is 58.9 Å². The molecular weight excluding hydrogens is 435 g/mol. The first-order chi connectivity index (χ1) is 16.3. The zero-order valence-corrected chi connectivity index (χ0v) is 19.9. The summed E-state index contributed by atoms with van der Waals surface area (Å²) in [6.45, 7) is 8.89. The number of carbonyl (C=O) groups excluding carboxylic acids is 2. The van der Waals surface area contributed by atoms with Crippen LogP contribution in [0.5, 0.6) is 5.75 Å². The van der Waals surface area contributed by atoms with Gasteiger partial charge in [-0.3, -0.25) is 9.59 Å². The second-order valence-corrected chi connectivity index (χ2v) is 8.85. The molecule has 34 heavy (non-hydrogen) atoms. The first-order valence-electron chi connectivity index (χ1n) is 11.9. The number of hydrogen-bond donors (Lipinski definition) is 1. The van der Waals surface area contributed by atoms with E-state index in [4.69, 9.17) is 4.74 Å². The lowest BCUT2D eigenvalue weighted by Crippen LogP contribution is -2.33. The Morgan fingerprint density at radius 3 is 2.62 bits per heavy atom. The number of benzene rings is 2. The Labute approximate surface area is 199 Å². The molecule has 0 saturated carbocycles. The number of rotatable bonds is 8. The van der Waals surface area contributed by atoms with Gasteiger partial charge < -0.3 is 19.6 Å². The van der Waals surface area contributed by atoms with Crippen LogP contribution in [0.1, 0.15) is 49.9 Å². The number of carbonyl (C=O) groups is 2. The number of Topliss-reactive ketones (excluding diaryl/α,β-unsaturated/α-hetero) is 1. The summed E-state index contributed by atoms with van der Waals surface area (Å²) in [5.74, 6) is -1.58. The Hall–Kier alpha value is -3.19. The molecule has 0 unspecified atom stereocenters. The van der Waals surface area contributed by atoms with Gasteiger partial charge in [0.15, 0.2) is 0 Å². The molecule has 0 aromatic heterocycles. The van der Waals surface area contributed by atoms with Gasteiger partial charge in [0.25, 0.3) is 11.7 Å². The van der Waals surface area contributed by atoms with E-state index in [0.717, 1.165) is 30.9 Å². The number of halogens is 1. The highest BCUT2D eigenvalue weighted by molar-refractivity contribution is 6.46. The molecule has 2 aliphatic heterocycles. The van der Waals surface area contributed by atoms with Crippen LogP contribution in [0.25, 0.3) is 5.76 Å². The molecular formula is C27H31FN2O4. The normalized spacial score (nSPS) is 21.3. The SMILES string of the molecule is CCN(CC)CCCN1C(=O)C(=O)/C(=C(/O)c2ccc3c(c2)C[C@H](C)O3)[C@H]1c1ccccc1F. The van der Waals surface area contributed by atoms with Crippen LogP contribution >= 0.6 is 0 Å². The lowest BCUT2D eigenvalue weighted by Gasteiger charge is -2.27. The molecule has 4 rings (SSSR count). The number of ether oxygens (including phenoxy) is 1. The molecule has 2 heterocycles. The standard InChI is InChI=1S/C27H31FN2O4/c1-4-29(5-2)13-8-14-30-24(20-9-6-7-10-21(20)28)23(26(32)27(30)33)25(31)18-11-12-22-19(16-18)15-17(3)34-22/h6-7,9-12,16-17,24,31H,4-5,8,13-15H2,1-3H3/b25-23+/t17-,24+/m0/s1. The molecule has 1 saturated heterocycles. The molecule has 1 amide bonds. The highest BCUT2D eigenvalue weighted by Gasteiger charge is 2.46. The lowest BCUT2D eigenvalue weighted by molar-refractivity contribution is -0.140. The number of aliphatic hydroxyl groups is 1. The summed E-state index contributed by atoms with van der Waals surface area (Å²) in [6.07, 6.45) is 1.35. The number of nitrogens with zero attached hydrogens (tertiary/aromatic N) is 2. The van der Waals surface area contributed by atoms with Crippen LogP contribution in [0.15, 0.2) is 48.0 Å². The van der Waals surface area contributed by atoms with E-state index in [1.165, 1.54) is 11.0 Å². The van der Waals surface area contributed by atoms with Crippen LogP contribution in [0.4, 0.5) is 4.39 Å². The van der Waals surface area contributed by atoms with E-state index in [-0.39, 0.29) is 29.5 Å². The van der Waals surface area contributed by atoms with Crippen molar-refractivity contribution in [3.63, 3.8) is 0 Å². The van der Waals surface area contributed by atoms with Crippen LogP contribution in [0.3, 0.4) is 0 Å². The molecule has 7 heteroatoms. The van der Waals surface area contributed by atoms with Crippen molar-refractivity contribution in [2.75, 3.05) is 26.2 Å². The molecule has 2 atom stereocenters. The number of fused-ring (bicyclic) bond motifs is 1. The first kappa shape index (κ1) is 24.0. The molecule has 0 radical (unpaired) electrons. The Balaban J connectivity index is 1.74. The van der Waals surface area contributed by atoms with E-state index >= 15 is 0 Å². The maximum Gasteiger partial charge on any atom is 0.295 e. The van der Waals surface area contributed by atoms with Gasteiger partial charge in [-0.05, 0) is 62.8 Å². The average Bonchev–Trinajstić information content (AvgIpc) is 3.32. The van der Waals surface area contributed by atoms with E-state index in [2.05, 4.69) is 18.7 Å². The summed E-state index contributed by atoms with van der Waals surface area (Å²) in [6, 6.07) is 10.3. The van der Waals surface area contributed by atoms with Crippen molar-refractivity contribution in [1.29, 1.82) is 0 Å². The summed E-state index contributed by atoms with van der Waals surface area (Å²) in [4.78, 5) is 29.8. The largest absolute Gasteiger partial charge is 0.507 e. The minimum absolute atomic E-state index is 0.0298. The maximum atomic E-state index is 14.9. The Morgan fingerprint density at radius 1 is 1.18 bits per heavy atom. The Bertz CT molecular complexity index is 1130. The number of hydrogen-bond acceptors (Lipinski definition) is 5. The predicted molar refractivity (Wildman–Crippen MR) is 128 cm³/mol. The number of aliphatic hydroxyl groups excluding tert-OH is 1. The molecule has 2 aromatic rings. The minimum atomic E-state index is -0.985. The fourth-order valence-electron chi connectivity index (χ4n) is 4.86. The van der Waals surface area contributed by atoms with Crippen molar-refractivity contribution in [2.24, 2.45) is 0 Å². The van der Waals surface area contributed by atoms with Crippen LogP contribution < -0.4 is 4.74 Å². The summed E-state index contributed by atoms with van der Waals surface area (Å²) in [7, 11) is 0. The first-order valence-corrected chi connectivity index (χ1v) is 11.9. The van der Waals surface area contributed by atoms with Crippen LogP contribution in [0, 0.1) is 5.82 Å². The van der Waals surface area contributed by atoms with Gasteiger partial charge in [-0.25, -0.2) is 4.39 Å². The molecule has 0 aliphatic carbocycles. The molecule has 6 nitrogen and oxygen atoms in total. The Morgan fingerprint density at radius 2 is 1.91 bits per heavy atom. The monoisotopic (exact) mass is 466 g/mol. The fraction of sp³-hybridized carbons (Fsp3) is 0.407. The number of amides is 1. The van der Waals surface area contributed by atoms with Crippen LogP contribution in [0.2, 0.25) is 0 Å². The zero-order chi connectivity index (χ0) is 24.4. The van der Waals surface area contributed by atoms with Crippen LogP contribution in [-0.2, 0) is 16.0 Å². The van der Waals surface area contributed by atoms with Gasteiger partial charge >= 0.3 is 0 Å². The fourth-order valence-corrected chi connectivity index (χ4v) is 4.86. The molecule has 2 aromatic carbocycles. The van der Waals surface area contributed by atoms with Gasteiger partial charge in [0.05, 0.1) is 11.6 Å². The summed E-state index contributed by atoms with van der Waals surface area (Å²) >= 11 is 0. The molecule has 180 valence electrons. The van der Waals surface area contributed by atoms with Gasteiger partial charge in [-0.2, -0.15) is 0 Å². The summed E-state index contributed by atoms with van der Waals surface area (Å²) < 4.78 is 20.6. The number of likely N-dealkylation sites (tertiary alicyclic amines) is 1. The summed E-state index contributed by atoms with van der Waals surface area (Å²) in [5, 5.41) is 11.2. The minimum Gasteiger partial charge on any atom is -0.507 e. The Kier molecular flexibility index (Phi) is 7.03. The van der Waals surface area contributed by atoms with E-state index in [9.17, 15) is 19.1 Å². The van der Waals surface area contributed by atoms with Gasteiger partial charge in [-0.1, -0.05) is 32.0 Å². The van der Waals surface area contributed by atoms with Gasteiger partial charge in [0.2, 0.25) is 0 Å². The van der Waals surface area contributed by atoms with Gasteiger partial charge in [0.1, 0.15) is 23.4 Å². The van der Waals surface area contributed by atoms with E-state index in [0.29, 0.717) is 18.4 Å². The van der Waals surface area contributed by atoms with Crippen molar-refractivity contribution in [1.82, 2.24) is 9.80 Å². The molecule has 1 N–H and O–H groups in total. The van der Waals surface area contributed by atoms with Crippen molar-refractivity contribution in [3.05, 3.63) is 70.5 Å². The maximum absolute atomic E-state index is 14.9. The molecule has 2 aliphatic rings. The highest BCUT2D eigenvalue weighted by Crippen LogP contribution is 2.41. The van der Waals surface area contributed by atoms with Crippen molar-refractivity contribution in [2.45, 2.75) is 45.8 Å². The van der Waals surface area contributed by atoms with Crippen molar-refractivity contribution >= 4 is 17.4 Å². The van der Waals surface area contributed by atoms with E-state index < -0.39 is 23.5 Å². The van der Waals surface area contributed by atoms with Gasteiger partial charge in [0, 0.05) is 24.1 Å². The molecule has 1 fully saturated rings. The second-order valence-electron chi connectivity index (χ2n) is 8.85. The smallest absolute Gasteiger partial charge is 0.295 e. The topological polar surface area (TPSA) is 70.1 Å². The third-order valence-corrected chi connectivity index (χ3v) is 6.68. The van der Waals surface area contributed by atoms with Crippen molar-refractivity contribution in [3.8, 4) is 5.75 Å². The number of ketones is 1. The third-order valence-electron chi connectivity index (χ3n) is 6.68. The quantitative estimate of drug-likeness (QED) is 0.357. The van der Waals surface area contributed by atoms with E-state index in [1.54, 1.807) is 36.4 Å². The van der Waals surface area contributed by atoms with Crippen molar-refractivity contribution < 1.29 is 23.8 Å². The molecule has 0 spiro atoms.